The zero-order valence-electron chi connectivity index (χ0n) is 12.2. The highest BCUT2D eigenvalue weighted by atomic mass is 79.9. The van der Waals surface area contributed by atoms with Crippen LogP contribution >= 0.6 is 15.9 Å². The van der Waals surface area contributed by atoms with Crippen LogP contribution in [0.4, 0.5) is 0 Å². The van der Waals surface area contributed by atoms with Crippen LogP contribution in [-0.2, 0) is 22.7 Å². The van der Waals surface area contributed by atoms with Gasteiger partial charge in [-0.15, -0.1) is 0 Å². The molecule has 7 heteroatoms. The first kappa shape index (κ1) is 14.6. The van der Waals surface area contributed by atoms with Crippen LogP contribution in [0.2, 0.25) is 0 Å². The second kappa shape index (κ2) is 5.44. The molecule has 1 saturated heterocycles. The Morgan fingerprint density at radius 3 is 2.71 bits per heavy atom. The SMILES string of the molecule is CCn1nc(C)c(Br)c1CN1C(=O)CNC(=O)C1C1CC1. The number of halogens is 1. The van der Waals surface area contributed by atoms with E-state index in [1.54, 1.807) is 4.90 Å². The van der Waals surface area contributed by atoms with Gasteiger partial charge in [-0.3, -0.25) is 14.3 Å². The maximum Gasteiger partial charge on any atom is 0.243 e. The van der Waals surface area contributed by atoms with Crippen molar-refractivity contribution in [3.05, 3.63) is 15.9 Å². The van der Waals surface area contributed by atoms with Crippen LogP contribution in [-0.4, -0.2) is 39.1 Å². The highest BCUT2D eigenvalue weighted by molar-refractivity contribution is 9.10. The second-order valence-electron chi connectivity index (χ2n) is 5.68. The highest BCUT2D eigenvalue weighted by Gasteiger charge is 2.45. The summed E-state index contributed by atoms with van der Waals surface area (Å²) in [6.45, 7) is 5.22. The second-order valence-corrected chi connectivity index (χ2v) is 6.48. The van der Waals surface area contributed by atoms with Crippen molar-refractivity contribution in [2.45, 2.75) is 45.8 Å². The number of amides is 2. The Kier molecular flexibility index (Phi) is 3.77. The third-order valence-corrected chi connectivity index (χ3v) is 5.21. The molecule has 0 radical (unpaired) electrons. The van der Waals surface area contributed by atoms with Gasteiger partial charge in [-0.2, -0.15) is 5.10 Å². The molecule has 1 aliphatic heterocycles. The number of nitrogens with one attached hydrogen (secondary N) is 1. The zero-order chi connectivity index (χ0) is 15.1. The van der Waals surface area contributed by atoms with Crippen molar-refractivity contribution >= 4 is 27.7 Å². The van der Waals surface area contributed by atoms with E-state index in [1.807, 2.05) is 18.5 Å². The van der Waals surface area contributed by atoms with Gasteiger partial charge in [-0.25, -0.2) is 0 Å². The van der Waals surface area contributed by atoms with Crippen molar-refractivity contribution in [3.63, 3.8) is 0 Å². The summed E-state index contributed by atoms with van der Waals surface area (Å²) in [6.07, 6.45) is 2.05. The van der Waals surface area contributed by atoms with E-state index in [-0.39, 0.29) is 24.4 Å². The van der Waals surface area contributed by atoms with Gasteiger partial charge in [0, 0.05) is 6.54 Å². The normalized spacial score (nSPS) is 22.6. The minimum absolute atomic E-state index is 0.0140. The summed E-state index contributed by atoms with van der Waals surface area (Å²) >= 11 is 3.55. The van der Waals surface area contributed by atoms with Crippen LogP contribution in [0, 0.1) is 12.8 Å². The van der Waals surface area contributed by atoms with E-state index in [0.717, 1.165) is 35.2 Å². The van der Waals surface area contributed by atoms with Gasteiger partial charge in [0.15, 0.2) is 0 Å². The number of carbonyl (C=O) groups excluding carboxylic acids is 2. The molecule has 21 heavy (non-hydrogen) atoms. The molecule has 2 amide bonds. The van der Waals surface area contributed by atoms with E-state index in [1.165, 1.54) is 0 Å². The molecule has 114 valence electrons. The molecule has 2 heterocycles. The molecule has 1 aromatic heterocycles. The number of carbonyl (C=O) groups is 2. The maximum absolute atomic E-state index is 12.3. The molecule has 2 aliphatic rings. The Bertz CT molecular complexity index is 594. The predicted molar refractivity (Wildman–Crippen MR) is 80.4 cm³/mol. The molecule has 6 nitrogen and oxygen atoms in total. The lowest BCUT2D eigenvalue weighted by molar-refractivity contribution is -0.147. The molecule has 1 aromatic rings. The molecule has 1 atom stereocenters. The third kappa shape index (κ3) is 2.59. The molecule has 0 aromatic carbocycles. The molecule has 2 fully saturated rings. The molecule has 0 bridgehead atoms. The fourth-order valence-corrected chi connectivity index (χ4v) is 3.32. The van der Waals surface area contributed by atoms with E-state index in [9.17, 15) is 9.59 Å². The monoisotopic (exact) mass is 354 g/mol. The summed E-state index contributed by atoms with van der Waals surface area (Å²) in [5, 5.41) is 7.16. The average molecular weight is 355 g/mol. The Hall–Kier alpha value is -1.37. The smallest absolute Gasteiger partial charge is 0.243 e. The number of aryl methyl sites for hydroxylation is 2. The molecule has 1 unspecified atom stereocenters. The highest BCUT2D eigenvalue weighted by Crippen LogP contribution is 2.37. The van der Waals surface area contributed by atoms with Crippen molar-refractivity contribution in [1.82, 2.24) is 20.0 Å². The summed E-state index contributed by atoms with van der Waals surface area (Å²) in [5.41, 5.74) is 1.87. The quantitative estimate of drug-likeness (QED) is 0.883. The van der Waals surface area contributed by atoms with Gasteiger partial charge in [-0.05, 0) is 48.5 Å². The summed E-state index contributed by atoms with van der Waals surface area (Å²) in [4.78, 5) is 26.1. The average Bonchev–Trinajstić information content (AvgIpc) is 3.25. The first-order chi connectivity index (χ1) is 10.0. The first-order valence-corrected chi connectivity index (χ1v) is 8.11. The fourth-order valence-electron chi connectivity index (χ4n) is 2.91. The number of aromatic nitrogens is 2. The molecular weight excluding hydrogens is 336 g/mol. The van der Waals surface area contributed by atoms with Gasteiger partial charge in [0.05, 0.1) is 29.0 Å². The number of rotatable bonds is 4. The molecule has 0 spiro atoms. The summed E-state index contributed by atoms with van der Waals surface area (Å²) in [6, 6.07) is -0.321. The Morgan fingerprint density at radius 2 is 2.10 bits per heavy atom. The van der Waals surface area contributed by atoms with Crippen molar-refractivity contribution in [2.24, 2.45) is 5.92 Å². The predicted octanol–water partition coefficient (Wildman–Crippen LogP) is 1.21. The van der Waals surface area contributed by atoms with Crippen molar-refractivity contribution in [1.29, 1.82) is 0 Å². The van der Waals surface area contributed by atoms with Gasteiger partial charge in [0.1, 0.15) is 6.04 Å². The minimum Gasteiger partial charge on any atom is -0.345 e. The first-order valence-electron chi connectivity index (χ1n) is 7.31. The topological polar surface area (TPSA) is 67.2 Å². The van der Waals surface area contributed by atoms with Crippen molar-refractivity contribution in [2.75, 3.05) is 6.54 Å². The number of hydrogen-bond acceptors (Lipinski definition) is 3. The largest absolute Gasteiger partial charge is 0.345 e. The van der Waals surface area contributed by atoms with Gasteiger partial charge >= 0.3 is 0 Å². The Morgan fingerprint density at radius 1 is 1.38 bits per heavy atom. The van der Waals surface area contributed by atoms with E-state index < -0.39 is 0 Å². The molecule has 1 saturated carbocycles. The molecule has 1 N–H and O–H groups in total. The van der Waals surface area contributed by atoms with Crippen LogP contribution in [0.15, 0.2) is 4.47 Å². The fraction of sp³-hybridized carbons (Fsp3) is 0.643. The minimum atomic E-state index is -0.321. The lowest BCUT2D eigenvalue weighted by Gasteiger charge is -2.35. The van der Waals surface area contributed by atoms with E-state index in [2.05, 4.69) is 26.3 Å². The lowest BCUT2D eigenvalue weighted by Crippen LogP contribution is -2.58. The van der Waals surface area contributed by atoms with Crippen LogP contribution < -0.4 is 5.32 Å². The van der Waals surface area contributed by atoms with Gasteiger partial charge in [0.2, 0.25) is 11.8 Å². The number of piperazine rings is 1. The summed E-state index contributed by atoms with van der Waals surface area (Å²) in [5.74, 6) is 0.277. The van der Waals surface area contributed by atoms with Crippen LogP contribution in [0.1, 0.15) is 31.2 Å². The van der Waals surface area contributed by atoms with Crippen molar-refractivity contribution in [3.8, 4) is 0 Å². The van der Waals surface area contributed by atoms with Crippen LogP contribution in [0.25, 0.3) is 0 Å². The number of nitrogens with zero attached hydrogens (tertiary/aromatic N) is 3. The maximum atomic E-state index is 12.3. The third-order valence-electron chi connectivity index (χ3n) is 4.18. The summed E-state index contributed by atoms with van der Waals surface area (Å²) in [7, 11) is 0. The van der Waals surface area contributed by atoms with Gasteiger partial charge in [0.25, 0.3) is 0 Å². The molecule has 1 aliphatic carbocycles. The van der Waals surface area contributed by atoms with Crippen LogP contribution in [0.5, 0.6) is 0 Å². The van der Waals surface area contributed by atoms with E-state index >= 15 is 0 Å². The Balaban J connectivity index is 1.91. The van der Waals surface area contributed by atoms with Crippen molar-refractivity contribution < 1.29 is 9.59 Å². The van der Waals surface area contributed by atoms with Gasteiger partial charge < -0.3 is 10.2 Å². The standard InChI is InChI=1S/C14H19BrN4O2/c1-3-19-10(12(15)8(2)17-19)7-18-11(20)6-16-14(21)13(18)9-4-5-9/h9,13H,3-7H2,1-2H3,(H,16,21). The Labute approximate surface area is 132 Å². The summed E-state index contributed by atoms with van der Waals surface area (Å²) < 4.78 is 2.82. The van der Waals surface area contributed by atoms with E-state index in [0.29, 0.717) is 12.5 Å². The lowest BCUT2D eigenvalue weighted by atomic mass is 10.1. The van der Waals surface area contributed by atoms with Gasteiger partial charge in [-0.1, -0.05) is 0 Å². The molecular formula is C14H19BrN4O2. The van der Waals surface area contributed by atoms with Crippen LogP contribution in [0.3, 0.4) is 0 Å². The molecule has 3 rings (SSSR count). The van der Waals surface area contributed by atoms with E-state index in [4.69, 9.17) is 0 Å². The zero-order valence-corrected chi connectivity index (χ0v) is 13.8. The number of hydrogen-bond donors (Lipinski definition) is 1.